The predicted molar refractivity (Wildman–Crippen MR) is 84.1 cm³/mol. The summed E-state index contributed by atoms with van der Waals surface area (Å²) in [4.78, 5) is 13.2. The fraction of sp³-hybridized carbons (Fsp3) is 0.375. The summed E-state index contributed by atoms with van der Waals surface area (Å²) in [5.41, 5.74) is 1.17. The number of hydrogen-bond donors (Lipinski definition) is 0. The van der Waals surface area contributed by atoms with E-state index in [4.69, 9.17) is 4.74 Å². The Morgan fingerprint density at radius 3 is 2.33 bits per heavy atom. The first-order valence-corrected chi connectivity index (χ1v) is 7.37. The summed E-state index contributed by atoms with van der Waals surface area (Å²) in [7, 11) is 0. The van der Waals surface area contributed by atoms with Crippen molar-refractivity contribution in [3.05, 3.63) is 42.7 Å². The lowest BCUT2D eigenvalue weighted by Crippen LogP contribution is -2.47. The molecule has 5 heteroatoms. The maximum absolute atomic E-state index is 5.72. The van der Waals surface area contributed by atoms with Crippen LogP contribution in [-0.4, -0.2) is 42.8 Å². The van der Waals surface area contributed by atoms with Crippen LogP contribution in [0.3, 0.4) is 0 Å². The topological polar surface area (TPSA) is 41.5 Å². The summed E-state index contributed by atoms with van der Waals surface area (Å²) in [6, 6.07) is 10.1. The van der Waals surface area contributed by atoms with Crippen LogP contribution in [0.15, 0.2) is 42.7 Å². The highest BCUT2D eigenvalue weighted by molar-refractivity contribution is 5.59. The molecule has 0 spiro atoms. The normalized spacial score (nSPS) is 15.1. The van der Waals surface area contributed by atoms with Crippen molar-refractivity contribution in [1.82, 2.24) is 9.97 Å². The summed E-state index contributed by atoms with van der Waals surface area (Å²) >= 11 is 0. The lowest BCUT2D eigenvalue weighted by atomic mass is 10.2. The number of rotatable bonds is 4. The Bertz CT molecular complexity index is 567. The van der Waals surface area contributed by atoms with Crippen LogP contribution in [-0.2, 0) is 0 Å². The highest BCUT2D eigenvalue weighted by Crippen LogP contribution is 2.29. The molecule has 1 aliphatic heterocycles. The zero-order valence-electron chi connectivity index (χ0n) is 12.3. The van der Waals surface area contributed by atoms with Crippen molar-refractivity contribution in [3.63, 3.8) is 0 Å². The monoisotopic (exact) mass is 284 g/mol. The van der Waals surface area contributed by atoms with Gasteiger partial charge in [-0.15, -0.1) is 0 Å². The van der Waals surface area contributed by atoms with Crippen LogP contribution >= 0.6 is 0 Å². The van der Waals surface area contributed by atoms with Crippen molar-refractivity contribution in [2.75, 3.05) is 42.6 Å². The molecule has 2 aromatic rings. The molecule has 0 N–H and O–H groups in total. The van der Waals surface area contributed by atoms with E-state index in [2.05, 4.69) is 31.9 Å². The molecular weight excluding hydrogens is 264 g/mol. The Morgan fingerprint density at radius 2 is 1.62 bits per heavy atom. The van der Waals surface area contributed by atoms with Crippen LogP contribution in [0.2, 0.25) is 0 Å². The lowest BCUT2D eigenvalue weighted by molar-refractivity contribution is 0.340. The van der Waals surface area contributed by atoms with Crippen LogP contribution in [0, 0.1) is 0 Å². The quantitative estimate of drug-likeness (QED) is 0.861. The highest BCUT2D eigenvalue weighted by atomic mass is 16.5. The van der Waals surface area contributed by atoms with Gasteiger partial charge in [-0.2, -0.15) is 0 Å². The Labute approximate surface area is 125 Å². The molecular formula is C16H20N4O. The summed E-state index contributed by atoms with van der Waals surface area (Å²) in [5.74, 6) is 1.78. The van der Waals surface area contributed by atoms with Gasteiger partial charge in [0.2, 0.25) is 5.95 Å². The zero-order valence-corrected chi connectivity index (χ0v) is 12.3. The van der Waals surface area contributed by atoms with E-state index in [1.54, 1.807) is 12.4 Å². The van der Waals surface area contributed by atoms with Crippen LogP contribution in [0.25, 0.3) is 0 Å². The Balaban J connectivity index is 1.69. The summed E-state index contributed by atoms with van der Waals surface area (Å²) in [5, 5.41) is 0. The summed E-state index contributed by atoms with van der Waals surface area (Å²) in [6.45, 7) is 6.44. The minimum atomic E-state index is 0.689. The molecule has 5 nitrogen and oxygen atoms in total. The number of hydrogen-bond acceptors (Lipinski definition) is 5. The molecule has 0 radical (unpaired) electrons. The first-order chi connectivity index (χ1) is 10.4. The van der Waals surface area contributed by atoms with Crippen molar-refractivity contribution >= 4 is 11.6 Å². The first kappa shape index (κ1) is 13.7. The first-order valence-electron chi connectivity index (χ1n) is 7.37. The predicted octanol–water partition coefficient (Wildman–Crippen LogP) is 2.20. The molecule has 110 valence electrons. The van der Waals surface area contributed by atoms with Crippen molar-refractivity contribution in [2.24, 2.45) is 0 Å². The van der Waals surface area contributed by atoms with E-state index in [0.29, 0.717) is 6.61 Å². The van der Waals surface area contributed by atoms with E-state index in [0.717, 1.165) is 37.9 Å². The largest absolute Gasteiger partial charge is 0.492 e. The van der Waals surface area contributed by atoms with Crippen LogP contribution in [0.5, 0.6) is 5.75 Å². The maximum atomic E-state index is 5.72. The molecule has 0 unspecified atom stereocenters. The Morgan fingerprint density at radius 1 is 0.952 bits per heavy atom. The molecule has 0 amide bonds. The molecule has 1 aromatic heterocycles. The minimum Gasteiger partial charge on any atom is -0.492 e. The van der Waals surface area contributed by atoms with Gasteiger partial charge in [0.1, 0.15) is 5.75 Å². The average molecular weight is 284 g/mol. The molecule has 1 aliphatic rings. The van der Waals surface area contributed by atoms with Gasteiger partial charge in [-0.05, 0) is 25.1 Å². The molecule has 1 fully saturated rings. The molecule has 21 heavy (non-hydrogen) atoms. The van der Waals surface area contributed by atoms with Crippen molar-refractivity contribution < 1.29 is 4.74 Å². The van der Waals surface area contributed by atoms with Gasteiger partial charge in [0.05, 0.1) is 12.3 Å². The van der Waals surface area contributed by atoms with Gasteiger partial charge in [0.25, 0.3) is 0 Å². The van der Waals surface area contributed by atoms with Crippen molar-refractivity contribution in [1.29, 1.82) is 0 Å². The van der Waals surface area contributed by atoms with Gasteiger partial charge in [-0.3, -0.25) is 0 Å². The van der Waals surface area contributed by atoms with Crippen molar-refractivity contribution in [3.8, 4) is 5.75 Å². The average Bonchev–Trinajstić information content (AvgIpc) is 2.57. The second-order valence-corrected chi connectivity index (χ2v) is 4.92. The van der Waals surface area contributed by atoms with E-state index in [1.165, 1.54) is 5.69 Å². The Hall–Kier alpha value is -2.30. The third-order valence-corrected chi connectivity index (χ3v) is 3.62. The maximum Gasteiger partial charge on any atom is 0.225 e. The summed E-state index contributed by atoms with van der Waals surface area (Å²) < 4.78 is 5.72. The van der Waals surface area contributed by atoms with Gasteiger partial charge in [0, 0.05) is 38.6 Å². The molecule has 1 aromatic carbocycles. The van der Waals surface area contributed by atoms with Crippen LogP contribution in [0.4, 0.5) is 11.6 Å². The molecule has 0 atom stereocenters. The molecule has 0 bridgehead atoms. The molecule has 2 heterocycles. The van der Waals surface area contributed by atoms with Gasteiger partial charge in [0.15, 0.2) is 0 Å². The highest BCUT2D eigenvalue weighted by Gasteiger charge is 2.20. The smallest absolute Gasteiger partial charge is 0.225 e. The number of benzene rings is 1. The van der Waals surface area contributed by atoms with Gasteiger partial charge in [-0.1, -0.05) is 12.1 Å². The fourth-order valence-electron chi connectivity index (χ4n) is 2.60. The van der Waals surface area contributed by atoms with Crippen LogP contribution < -0.4 is 14.5 Å². The minimum absolute atomic E-state index is 0.689. The van der Waals surface area contributed by atoms with E-state index in [9.17, 15) is 0 Å². The second kappa shape index (κ2) is 6.43. The van der Waals surface area contributed by atoms with Gasteiger partial charge in [-0.25, -0.2) is 9.97 Å². The number of piperazine rings is 1. The van der Waals surface area contributed by atoms with E-state index in [1.807, 2.05) is 25.1 Å². The standard InChI is InChI=1S/C16H20N4O/c1-2-21-15-7-4-3-6-14(15)19-10-12-20(13-11-19)16-17-8-5-9-18-16/h3-9H,2,10-13H2,1H3. The van der Waals surface area contributed by atoms with E-state index >= 15 is 0 Å². The Kier molecular flexibility index (Phi) is 4.19. The molecule has 0 aliphatic carbocycles. The number of aromatic nitrogens is 2. The lowest BCUT2D eigenvalue weighted by Gasteiger charge is -2.36. The molecule has 0 saturated carbocycles. The number of para-hydroxylation sites is 2. The second-order valence-electron chi connectivity index (χ2n) is 4.92. The van der Waals surface area contributed by atoms with Crippen molar-refractivity contribution in [2.45, 2.75) is 6.92 Å². The van der Waals surface area contributed by atoms with Gasteiger partial charge >= 0.3 is 0 Å². The zero-order chi connectivity index (χ0) is 14.5. The molecule has 1 saturated heterocycles. The summed E-state index contributed by atoms with van der Waals surface area (Å²) in [6.07, 6.45) is 3.58. The SMILES string of the molecule is CCOc1ccccc1N1CCN(c2ncccn2)CC1. The third-order valence-electron chi connectivity index (χ3n) is 3.62. The fourth-order valence-corrected chi connectivity index (χ4v) is 2.60. The third kappa shape index (κ3) is 3.07. The number of anilines is 2. The van der Waals surface area contributed by atoms with Crippen LogP contribution in [0.1, 0.15) is 6.92 Å². The van der Waals surface area contributed by atoms with E-state index in [-0.39, 0.29) is 0 Å². The number of ether oxygens (including phenoxy) is 1. The van der Waals surface area contributed by atoms with E-state index < -0.39 is 0 Å². The van der Waals surface area contributed by atoms with Gasteiger partial charge < -0.3 is 14.5 Å². The molecule has 3 rings (SSSR count). The number of nitrogens with zero attached hydrogens (tertiary/aromatic N) is 4.